The van der Waals surface area contributed by atoms with Gasteiger partial charge in [0.05, 0.1) is 22.8 Å². The molecular formula is C22H26N6O5. The molecule has 1 aromatic carbocycles. The Morgan fingerprint density at radius 3 is 2.48 bits per heavy atom. The van der Waals surface area contributed by atoms with E-state index in [1.165, 1.54) is 12.1 Å². The number of carbonyl (C=O) groups is 1. The number of nitrogens with zero attached hydrogens (tertiary/aromatic N) is 4. The second kappa shape index (κ2) is 9.65. The average molecular weight is 454 g/mol. The maximum Gasteiger partial charge on any atom is 0.269 e. The van der Waals surface area contributed by atoms with Crippen molar-refractivity contribution < 1.29 is 19.2 Å². The zero-order chi connectivity index (χ0) is 24.2. The van der Waals surface area contributed by atoms with Crippen molar-refractivity contribution in [3.05, 3.63) is 58.3 Å². The number of non-ortho nitro benzene ring substituents is 1. The SMILES string of the molecule is COCCOc1cc(Nc2nn(C(C)(C)C)c(-c3ccc([N+](=O)[O-])cc3)c2C(N)=O)ccn1. The minimum atomic E-state index is -0.688. The molecule has 0 radical (unpaired) electrons. The van der Waals surface area contributed by atoms with E-state index in [1.54, 1.807) is 42.3 Å². The third kappa shape index (κ3) is 5.44. The van der Waals surface area contributed by atoms with Gasteiger partial charge >= 0.3 is 0 Å². The quantitative estimate of drug-likeness (QED) is 0.284. The highest BCUT2D eigenvalue weighted by atomic mass is 16.6. The Labute approximate surface area is 190 Å². The number of nitro benzene ring substituents is 1. The zero-order valence-electron chi connectivity index (χ0n) is 18.9. The van der Waals surface area contributed by atoms with Gasteiger partial charge in [-0.2, -0.15) is 5.10 Å². The van der Waals surface area contributed by atoms with Crippen LogP contribution in [-0.2, 0) is 10.3 Å². The average Bonchev–Trinajstić information content (AvgIpc) is 3.14. The first kappa shape index (κ1) is 23.7. The monoisotopic (exact) mass is 454 g/mol. The van der Waals surface area contributed by atoms with Gasteiger partial charge in [0.2, 0.25) is 5.88 Å². The summed E-state index contributed by atoms with van der Waals surface area (Å²) in [5.41, 5.74) is 6.97. The molecule has 3 N–H and O–H groups in total. The van der Waals surface area contributed by atoms with Crippen LogP contribution >= 0.6 is 0 Å². The predicted molar refractivity (Wildman–Crippen MR) is 123 cm³/mol. The number of ether oxygens (including phenoxy) is 2. The molecule has 0 aliphatic heterocycles. The van der Waals surface area contributed by atoms with Crippen LogP contribution in [0.25, 0.3) is 11.3 Å². The van der Waals surface area contributed by atoms with Crippen LogP contribution in [0.5, 0.6) is 5.88 Å². The second-order valence-electron chi connectivity index (χ2n) is 8.17. The molecule has 11 heteroatoms. The Morgan fingerprint density at radius 1 is 1.21 bits per heavy atom. The Bertz CT molecular complexity index is 1150. The van der Waals surface area contributed by atoms with E-state index in [-0.39, 0.29) is 17.1 Å². The van der Waals surface area contributed by atoms with Gasteiger partial charge in [-0.05, 0) is 39.0 Å². The molecule has 0 aliphatic rings. The number of rotatable bonds is 9. The fraction of sp³-hybridized carbons (Fsp3) is 0.318. The van der Waals surface area contributed by atoms with Crippen molar-refractivity contribution in [1.82, 2.24) is 14.8 Å². The highest BCUT2D eigenvalue weighted by molar-refractivity contribution is 6.04. The lowest BCUT2D eigenvalue weighted by Gasteiger charge is -2.22. The van der Waals surface area contributed by atoms with Gasteiger partial charge in [-0.25, -0.2) is 4.98 Å². The molecule has 2 aromatic heterocycles. The summed E-state index contributed by atoms with van der Waals surface area (Å²) < 4.78 is 12.2. The summed E-state index contributed by atoms with van der Waals surface area (Å²) in [4.78, 5) is 27.3. The van der Waals surface area contributed by atoms with E-state index in [9.17, 15) is 14.9 Å². The van der Waals surface area contributed by atoms with E-state index in [0.29, 0.717) is 36.0 Å². The van der Waals surface area contributed by atoms with Crippen molar-refractivity contribution in [2.75, 3.05) is 25.6 Å². The third-order valence-electron chi connectivity index (χ3n) is 4.65. The first-order chi connectivity index (χ1) is 15.6. The molecule has 174 valence electrons. The summed E-state index contributed by atoms with van der Waals surface area (Å²) in [6, 6.07) is 9.26. The minimum absolute atomic E-state index is 0.0580. The number of methoxy groups -OCH3 is 1. The number of nitrogens with one attached hydrogen (secondary N) is 1. The molecule has 0 unspecified atom stereocenters. The number of hydrogen-bond acceptors (Lipinski definition) is 8. The minimum Gasteiger partial charge on any atom is -0.475 e. The van der Waals surface area contributed by atoms with E-state index in [4.69, 9.17) is 15.2 Å². The van der Waals surface area contributed by atoms with E-state index < -0.39 is 16.4 Å². The van der Waals surface area contributed by atoms with Crippen LogP contribution in [0.3, 0.4) is 0 Å². The lowest BCUT2D eigenvalue weighted by Crippen LogP contribution is -2.24. The maximum atomic E-state index is 12.5. The largest absolute Gasteiger partial charge is 0.475 e. The molecule has 0 bridgehead atoms. The molecule has 0 saturated carbocycles. The van der Waals surface area contributed by atoms with Gasteiger partial charge < -0.3 is 20.5 Å². The summed E-state index contributed by atoms with van der Waals surface area (Å²) in [5.74, 6) is -0.0599. The molecule has 3 aromatic rings. The molecule has 0 saturated heterocycles. The fourth-order valence-corrected chi connectivity index (χ4v) is 3.16. The van der Waals surface area contributed by atoms with Crippen molar-refractivity contribution in [3.63, 3.8) is 0 Å². The van der Waals surface area contributed by atoms with E-state index in [1.807, 2.05) is 20.8 Å². The Hall–Kier alpha value is -3.99. The van der Waals surface area contributed by atoms with Gasteiger partial charge in [-0.15, -0.1) is 0 Å². The number of primary amides is 1. The lowest BCUT2D eigenvalue weighted by atomic mass is 10.0. The maximum absolute atomic E-state index is 12.5. The fourth-order valence-electron chi connectivity index (χ4n) is 3.16. The van der Waals surface area contributed by atoms with Gasteiger partial charge in [0.15, 0.2) is 5.82 Å². The van der Waals surface area contributed by atoms with Gasteiger partial charge in [0.1, 0.15) is 12.2 Å². The number of pyridine rings is 1. The molecule has 0 fully saturated rings. The number of hydrogen-bond donors (Lipinski definition) is 2. The number of benzene rings is 1. The number of nitro groups is 1. The van der Waals surface area contributed by atoms with Crippen LogP contribution < -0.4 is 15.8 Å². The summed E-state index contributed by atoms with van der Waals surface area (Å²) in [6.45, 7) is 6.54. The van der Waals surface area contributed by atoms with Crippen molar-refractivity contribution in [2.24, 2.45) is 5.73 Å². The van der Waals surface area contributed by atoms with Crippen LogP contribution in [0, 0.1) is 10.1 Å². The van der Waals surface area contributed by atoms with Crippen LogP contribution in [0.1, 0.15) is 31.1 Å². The van der Waals surface area contributed by atoms with Crippen LogP contribution in [0.15, 0.2) is 42.6 Å². The van der Waals surface area contributed by atoms with Gasteiger partial charge in [-0.3, -0.25) is 19.6 Å². The lowest BCUT2D eigenvalue weighted by molar-refractivity contribution is -0.384. The van der Waals surface area contributed by atoms with Gasteiger partial charge in [-0.1, -0.05) is 0 Å². The summed E-state index contributed by atoms with van der Waals surface area (Å²) in [7, 11) is 1.58. The topological polar surface area (TPSA) is 147 Å². The normalized spacial score (nSPS) is 11.3. The van der Waals surface area contributed by atoms with E-state index >= 15 is 0 Å². The first-order valence-electron chi connectivity index (χ1n) is 10.1. The zero-order valence-corrected chi connectivity index (χ0v) is 18.9. The number of nitrogens with two attached hydrogens (primary N) is 1. The highest BCUT2D eigenvalue weighted by Crippen LogP contribution is 2.35. The molecule has 33 heavy (non-hydrogen) atoms. The molecule has 0 aliphatic carbocycles. The molecule has 2 heterocycles. The van der Waals surface area contributed by atoms with Crippen LogP contribution in [-0.4, -0.2) is 45.9 Å². The molecule has 1 amide bonds. The van der Waals surface area contributed by atoms with Crippen molar-refractivity contribution >= 4 is 23.1 Å². The third-order valence-corrected chi connectivity index (χ3v) is 4.65. The van der Waals surface area contributed by atoms with Gasteiger partial charge in [0, 0.05) is 42.8 Å². The Balaban J connectivity index is 2.07. The number of anilines is 2. The molecule has 11 nitrogen and oxygen atoms in total. The van der Waals surface area contributed by atoms with Crippen LogP contribution in [0.2, 0.25) is 0 Å². The summed E-state index contributed by atoms with van der Waals surface area (Å²) in [6.07, 6.45) is 1.56. The Morgan fingerprint density at radius 2 is 1.91 bits per heavy atom. The predicted octanol–water partition coefficient (Wildman–Crippen LogP) is 3.48. The van der Waals surface area contributed by atoms with Gasteiger partial charge in [0.25, 0.3) is 11.6 Å². The summed E-state index contributed by atoms with van der Waals surface area (Å²) >= 11 is 0. The molecular weight excluding hydrogens is 428 g/mol. The number of aromatic nitrogens is 3. The number of carbonyl (C=O) groups excluding carboxylic acids is 1. The highest BCUT2D eigenvalue weighted by Gasteiger charge is 2.29. The van der Waals surface area contributed by atoms with E-state index in [0.717, 1.165) is 0 Å². The summed E-state index contributed by atoms with van der Waals surface area (Å²) in [5, 5.41) is 18.8. The molecule has 0 atom stereocenters. The van der Waals surface area contributed by atoms with Crippen molar-refractivity contribution in [2.45, 2.75) is 26.3 Å². The smallest absolute Gasteiger partial charge is 0.269 e. The van der Waals surface area contributed by atoms with Crippen molar-refractivity contribution in [3.8, 4) is 17.1 Å². The molecule has 0 spiro atoms. The second-order valence-corrected chi connectivity index (χ2v) is 8.17. The Kier molecular flexibility index (Phi) is 6.92. The standard InChI is InChI=1S/C22H26N6O5/c1-22(2,3)27-19(14-5-7-16(8-6-14)28(30)31)18(20(23)29)21(26-27)25-15-9-10-24-17(13-15)33-12-11-32-4/h5-10,13H,11-12H2,1-4H3,(H2,23,29)(H,24,25,26). The first-order valence-corrected chi connectivity index (χ1v) is 10.1. The van der Waals surface area contributed by atoms with E-state index in [2.05, 4.69) is 15.4 Å². The molecule has 3 rings (SSSR count). The van der Waals surface area contributed by atoms with Crippen molar-refractivity contribution in [1.29, 1.82) is 0 Å². The van der Waals surface area contributed by atoms with Crippen LogP contribution in [0.4, 0.5) is 17.2 Å². The number of amides is 1.